The van der Waals surface area contributed by atoms with Crippen LogP contribution in [0.25, 0.3) is 0 Å². The first-order chi connectivity index (χ1) is 13.6. The predicted molar refractivity (Wildman–Crippen MR) is 110 cm³/mol. The number of aliphatic hydroxyl groups is 1. The minimum atomic E-state index is -0.568. The molecule has 5 nitrogen and oxygen atoms in total. The van der Waals surface area contributed by atoms with Gasteiger partial charge in [0.15, 0.2) is 0 Å². The summed E-state index contributed by atoms with van der Waals surface area (Å²) in [5.74, 6) is 0. The fourth-order valence-electron chi connectivity index (χ4n) is 3.17. The largest absolute Gasteiger partial charge is 0.387 e. The van der Waals surface area contributed by atoms with Gasteiger partial charge in [-0.25, -0.2) is 0 Å². The molecule has 0 saturated carbocycles. The van der Waals surface area contributed by atoms with Gasteiger partial charge in [0.25, 0.3) is 5.69 Å². The minimum absolute atomic E-state index is 0.101. The van der Waals surface area contributed by atoms with Crippen molar-refractivity contribution in [3.63, 3.8) is 0 Å². The number of hydrogen-bond acceptors (Lipinski definition) is 4. The van der Waals surface area contributed by atoms with Gasteiger partial charge in [0.05, 0.1) is 11.0 Å². The lowest BCUT2D eigenvalue weighted by molar-refractivity contribution is -0.384. The van der Waals surface area contributed by atoms with Crippen LogP contribution >= 0.6 is 0 Å². The van der Waals surface area contributed by atoms with Crippen molar-refractivity contribution in [2.75, 3.05) is 13.1 Å². The topological polar surface area (TPSA) is 66.6 Å². The Morgan fingerprint density at radius 2 is 1.46 bits per heavy atom. The van der Waals surface area contributed by atoms with E-state index in [0.29, 0.717) is 6.54 Å². The molecule has 144 valence electrons. The van der Waals surface area contributed by atoms with Crippen LogP contribution in [0.2, 0.25) is 0 Å². The van der Waals surface area contributed by atoms with Crippen molar-refractivity contribution in [1.29, 1.82) is 0 Å². The number of aliphatic hydroxyl groups excluding tert-OH is 1. The molecule has 3 rings (SSSR count). The van der Waals surface area contributed by atoms with Gasteiger partial charge in [-0.3, -0.25) is 15.0 Å². The Labute approximate surface area is 165 Å². The van der Waals surface area contributed by atoms with Crippen LogP contribution in [-0.4, -0.2) is 28.0 Å². The molecule has 0 radical (unpaired) electrons. The summed E-state index contributed by atoms with van der Waals surface area (Å²) < 4.78 is 0. The lowest BCUT2D eigenvalue weighted by Gasteiger charge is -2.25. The number of hydrogen-bond donors (Lipinski definition) is 1. The van der Waals surface area contributed by atoms with Crippen molar-refractivity contribution in [3.05, 3.63) is 112 Å². The second-order valence-electron chi connectivity index (χ2n) is 6.82. The van der Waals surface area contributed by atoms with E-state index in [9.17, 15) is 15.2 Å². The Morgan fingerprint density at radius 1 is 0.857 bits per heavy atom. The molecule has 0 aromatic heterocycles. The molecule has 0 aliphatic heterocycles. The van der Waals surface area contributed by atoms with Gasteiger partial charge in [0.1, 0.15) is 0 Å². The van der Waals surface area contributed by atoms with Gasteiger partial charge in [-0.1, -0.05) is 72.8 Å². The molecular formula is C23H24N2O3. The van der Waals surface area contributed by atoms with E-state index >= 15 is 0 Å². The first-order valence-electron chi connectivity index (χ1n) is 9.34. The predicted octanol–water partition coefficient (Wildman–Crippen LogP) is 4.37. The quantitative estimate of drug-likeness (QED) is 0.445. The first kappa shape index (κ1) is 19.7. The zero-order chi connectivity index (χ0) is 19.8. The Morgan fingerprint density at radius 3 is 2.07 bits per heavy atom. The molecule has 3 aromatic rings. The maximum absolute atomic E-state index is 10.8. The summed E-state index contributed by atoms with van der Waals surface area (Å²) in [6, 6.07) is 26.5. The average Bonchev–Trinajstić information content (AvgIpc) is 2.73. The fourth-order valence-corrected chi connectivity index (χ4v) is 3.17. The molecular weight excluding hydrogens is 352 g/mol. The van der Waals surface area contributed by atoms with Gasteiger partial charge in [-0.15, -0.1) is 0 Å². The molecule has 3 aromatic carbocycles. The fraction of sp³-hybridized carbons (Fsp3) is 0.217. The van der Waals surface area contributed by atoms with Crippen molar-refractivity contribution >= 4 is 5.69 Å². The van der Waals surface area contributed by atoms with E-state index < -0.39 is 6.10 Å². The number of nitro groups is 1. The van der Waals surface area contributed by atoms with Crippen LogP contribution in [0, 0.1) is 10.1 Å². The van der Waals surface area contributed by atoms with Gasteiger partial charge in [-0.05, 0) is 23.1 Å². The van der Waals surface area contributed by atoms with Crippen LogP contribution in [0.1, 0.15) is 22.8 Å². The van der Waals surface area contributed by atoms with Gasteiger partial charge < -0.3 is 5.11 Å². The van der Waals surface area contributed by atoms with Gasteiger partial charge in [0.2, 0.25) is 0 Å². The maximum Gasteiger partial charge on any atom is 0.269 e. The first-order valence-corrected chi connectivity index (χ1v) is 9.34. The number of nitrogens with zero attached hydrogens (tertiary/aromatic N) is 2. The molecule has 0 heterocycles. The number of non-ortho nitro benzene ring substituents is 1. The number of benzene rings is 3. The van der Waals surface area contributed by atoms with Crippen LogP contribution < -0.4 is 0 Å². The molecule has 0 fully saturated rings. The molecule has 0 saturated heterocycles. The minimum Gasteiger partial charge on any atom is -0.387 e. The summed E-state index contributed by atoms with van der Waals surface area (Å²) in [4.78, 5) is 12.6. The summed E-state index contributed by atoms with van der Waals surface area (Å²) >= 11 is 0. The molecule has 0 aliphatic carbocycles. The standard InChI is InChI=1S/C23H24N2O3/c26-23(21-9-5-2-6-10-21)18-24(17-20-7-3-1-4-8-20)16-15-19-11-13-22(14-12-19)25(27)28/h1-14,23,26H,15-18H2/t23-/m0/s1. The zero-order valence-electron chi connectivity index (χ0n) is 15.6. The van der Waals surface area contributed by atoms with Crippen LogP contribution in [0.3, 0.4) is 0 Å². The second kappa shape index (κ2) is 9.78. The Bertz CT molecular complexity index is 867. The molecule has 0 bridgehead atoms. The Balaban J connectivity index is 1.67. The Kier molecular flexibility index (Phi) is 6.89. The summed E-state index contributed by atoms with van der Waals surface area (Å²) in [5.41, 5.74) is 3.23. The highest BCUT2D eigenvalue weighted by atomic mass is 16.6. The van der Waals surface area contributed by atoms with Crippen molar-refractivity contribution in [2.45, 2.75) is 19.1 Å². The number of nitro benzene ring substituents is 1. The lowest BCUT2D eigenvalue weighted by Crippen LogP contribution is -2.30. The third kappa shape index (κ3) is 5.74. The highest BCUT2D eigenvalue weighted by molar-refractivity contribution is 5.33. The number of rotatable bonds is 9. The molecule has 0 unspecified atom stereocenters. The third-order valence-electron chi connectivity index (χ3n) is 4.73. The lowest BCUT2D eigenvalue weighted by atomic mass is 10.1. The van der Waals surface area contributed by atoms with Crippen molar-refractivity contribution in [1.82, 2.24) is 4.90 Å². The monoisotopic (exact) mass is 376 g/mol. The van der Waals surface area contributed by atoms with E-state index in [-0.39, 0.29) is 10.6 Å². The van der Waals surface area contributed by atoms with E-state index in [1.165, 1.54) is 17.7 Å². The highest BCUT2D eigenvalue weighted by Gasteiger charge is 2.14. The molecule has 0 aliphatic rings. The summed E-state index contributed by atoms with van der Waals surface area (Å²) in [7, 11) is 0. The third-order valence-corrected chi connectivity index (χ3v) is 4.73. The smallest absolute Gasteiger partial charge is 0.269 e. The van der Waals surface area contributed by atoms with Crippen LogP contribution in [0.5, 0.6) is 0 Å². The summed E-state index contributed by atoms with van der Waals surface area (Å²) in [6.07, 6.45) is 0.188. The van der Waals surface area contributed by atoms with E-state index in [1.54, 1.807) is 12.1 Å². The zero-order valence-corrected chi connectivity index (χ0v) is 15.6. The summed E-state index contributed by atoms with van der Waals surface area (Å²) in [5, 5.41) is 21.5. The van der Waals surface area contributed by atoms with Crippen molar-refractivity contribution in [3.8, 4) is 0 Å². The molecule has 5 heteroatoms. The molecule has 1 N–H and O–H groups in total. The molecule has 1 atom stereocenters. The van der Waals surface area contributed by atoms with E-state index in [2.05, 4.69) is 17.0 Å². The van der Waals surface area contributed by atoms with Gasteiger partial charge >= 0.3 is 0 Å². The van der Waals surface area contributed by atoms with Crippen LogP contribution in [0.15, 0.2) is 84.9 Å². The molecule has 0 spiro atoms. The van der Waals surface area contributed by atoms with E-state index in [1.807, 2.05) is 48.5 Å². The molecule has 0 amide bonds. The SMILES string of the molecule is O=[N+]([O-])c1ccc(CCN(Cc2ccccc2)C[C@H](O)c2ccccc2)cc1. The van der Waals surface area contributed by atoms with Crippen LogP contribution in [0.4, 0.5) is 5.69 Å². The Hall–Kier alpha value is -3.02. The normalized spacial score (nSPS) is 12.1. The van der Waals surface area contributed by atoms with Crippen molar-refractivity contribution < 1.29 is 10.0 Å². The van der Waals surface area contributed by atoms with E-state index in [0.717, 1.165) is 30.6 Å². The average molecular weight is 376 g/mol. The maximum atomic E-state index is 10.8. The van der Waals surface area contributed by atoms with E-state index in [4.69, 9.17) is 0 Å². The summed E-state index contributed by atoms with van der Waals surface area (Å²) in [6.45, 7) is 2.00. The van der Waals surface area contributed by atoms with Gasteiger partial charge in [-0.2, -0.15) is 0 Å². The van der Waals surface area contributed by atoms with Gasteiger partial charge in [0, 0.05) is 31.8 Å². The molecule has 28 heavy (non-hydrogen) atoms. The van der Waals surface area contributed by atoms with Crippen LogP contribution in [-0.2, 0) is 13.0 Å². The van der Waals surface area contributed by atoms with Crippen molar-refractivity contribution in [2.24, 2.45) is 0 Å². The second-order valence-corrected chi connectivity index (χ2v) is 6.82. The highest BCUT2D eigenvalue weighted by Crippen LogP contribution is 2.17.